The molecular formula is C18H22BN3O3. The first-order chi connectivity index (χ1) is 12.1. The number of rotatable bonds is 2. The first-order valence-corrected chi connectivity index (χ1v) is 8.89. The van der Waals surface area contributed by atoms with Gasteiger partial charge < -0.3 is 19.6 Å². The topological polar surface area (TPSA) is 78.5 Å². The van der Waals surface area contributed by atoms with Crippen LogP contribution in [0.2, 0.25) is 0 Å². The van der Waals surface area contributed by atoms with E-state index in [0.29, 0.717) is 24.6 Å². The Morgan fingerprint density at radius 3 is 3.20 bits per heavy atom. The van der Waals surface area contributed by atoms with Crippen molar-refractivity contribution in [3.05, 3.63) is 30.0 Å². The number of fused-ring (bicyclic) bond motifs is 3. The Morgan fingerprint density at radius 1 is 1.56 bits per heavy atom. The summed E-state index contributed by atoms with van der Waals surface area (Å²) in [5, 5.41) is 11.2. The zero-order valence-corrected chi connectivity index (χ0v) is 14.5. The molecule has 0 spiro atoms. The summed E-state index contributed by atoms with van der Waals surface area (Å²) < 4.78 is 5.58. The molecule has 6 nitrogen and oxygen atoms in total. The smallest absolute Gasteiger partial charge is 0.531 e. The van der Waals surface area contributed by atoms with Crippen LogP contribution < -0.4 is 4.65 Å². The third kappa shape index (κ3) is 2.72. The predicted molar refractivity (Wildman–Crippen MR) is 96.8 cm³/mol. The van der Waals surface area contributed by atoms with Crippen LogP contribution in [0, 0.1) is 11.8 Å². The number of nitrogens with zero attached hydrogens (tertiary/aromatic N) is 2. The van der Waals surface area contributed by atoms with Crippen molar-refractivity contribution in [2.45, 2.75) is 26.7 Å². The van der Waals surface area contributed by atoms with Crippen LogP contribution in [0.5, 0.6) is 5.75 Å². The molecule has 2 atom stereocenters. The highest BCUT2D eigenvalue weighted by Gasteiger charge is 2.36. The Bertz CT molecular complexity index is 847. The number of hydrogen-bond acceptors (Lipinski definition) is 4. The number of nitrogens with one attached hydrogen (secondary N) is 1. The molecule has 0 aliphatic carbocycles. The number of carbonyl (C=O) groups is 1. The van der Waals surface area contributed by atoms with Crippen molar-refractivity contribution < 1.29 is 14.5 Å². The van der Waals surface area contributed by atoms with Crippen molar-refractivity contribution in [1.82, 2.24) is 14.9 Å². The van der Waals surface area contributed by atoms with Gasteiger partial charge in [0, 0.05) is 42.6 Å². The van der Waals surface area contributed by atoms with Crippen molar-refractivity contribution in [1.29, 1.82) is 0 Å². The van der Waals surface area contributed by atoms with Gasteiger partial charge in [-0.3, -0.25) is 4.79 Å². The number of pyridine rings is 1. The van der Waals surface area contributed by atoms with E-state index in [1.54, 1.807) is 12.2 Å². The lowest BCUT2D eigenvalue weighted by Gasteiger charge is -2.39. The standard InChI is InChI=1S/C18H22BN3O3/c1-3-16(23)22-7-5-11(2)14(10-22)13-8-19(24)25-15-9-21-18-12(17(13)15)4-6-20-18/h4,6,8-9,11,14,24H,3,5,7,10H2,1-2H3,(H,20,21)/t11?,14-/m1/s1. The van der Waals surface area contributed by atoms with Crippen LogP contribution in [-0.4, -0.2) is 46.0 Å². The van der Waals surface area contributed by atoms with Crippen LogP contribution in [0.25, 0.3) is 16.6 Å². The molecule has 2 aliphatic heterocycles. The van der Waals surface area contributed by atoms with E-state index >= 15 is 0 Å². The van der Waals surface area contributed by atoms with Gasteiger partial charge in [-0.2, -0.15) is 0 Å². The fourth-order valence-electron chi connectivity index (χ4n) is 4.01. The normalized spacial score (nSPS) is 23.2. The fraction of sp³-hybridized carbons (Fsp3) is 0.444. The minimum Gasteiger partial charge on any atom is -0.531 e. The minimum absolute atomic E-state index is 0.169. The zero-order chi connectivity index (χ0) is 17.6. The van der Waals surface area contributed by atoms with Crippen molar-refractivity contribution >= 4 is 29.6 Å². The molecule has 4 heterocycles. The monoisotopic (exact) mass is 339 g/mol. The summed E-state index contributed by atoms with van der Waals surface area (Å²) >= 11 is 0. The molecule has 0 saturated carbocycles. The Balaban J connectivity index is 1.78. The molecule has 2 aromatic heterocycles. The number of aromatic nitrogens is 2. The number of aromatic amines is 1. The molecule has 7 heteroatoms. The largest absolute Gasteiger partial charge is 0.552 e. The Labute approximate surface area is 147 Å². The van der Waals surface area contributed by atoms with E-state index in [9.17, 15) is 9.82 Å². The lowest BCUT2D eigenvalue weighted by molar-refractivity contribution is -0.132. The molecule has 2 N–H and O–H groups in total. The second kappa shape index (κ2) is 6.22. The van der Waals surface area contributed by atoms with Crippen LogP contribution >= 0.6 is 0 Å². The molecule has 0 bridgehead atoms. The number of amides is 1. The van der Waals surface area contributed by atoms with Gasteiger partial charge in [0.15, 0.2) is 0 Å². The molecule has 4 rings (SSSR count). The molecule has 0 aromatic carbocycles. The molecule has 2 aromatic rings. The number of carbonyl (C=O) groups excluding carboxylic acids is 1. The molecule has 1 fully saturated rings. The lowest BCUT2D eigenvalue weighted by atomic mass is 9.72. The van der Waals surface area contributed by atoms with Crippen LogP contribution in [-0.2, 0) is 4.79 Å². The van der Waals surface area contributed by atoms with E-state index < -0.39 is 7.12 Å². The molecule has 1 amide bonds. The second-order valence-electron chi connectivity index (χ2n) is 6.93. The van der Waals surface area contributed by atoms with E-state index in [4.69, 9.17) is 4.65 Å². The molecule has 1 unspecified atom stereocenters. The Kier molecular flexibility index (Phi) is 4.03. The van der Waals surface area contributed by atoms with Crippen molar-refractivity contribution in [2.24, 2.45) is 11.8 Å². The molecule has 130 valence electrons. The molecule has 1 saturated heterocycles. The van der Waals surface area contributed by atoms with E-state index in [0.717, 1.165) is 35.1 Å². The first-order valence-electron chi connectivity index (χ1n) is 8.89. The van der Waals surface area contributed by atoms with Gasteiger partial charge in [0.2, 0.25) is 5.91 Å². The van der Waals surface area contributed by atoms with Gasteiger partial charge >= 0.3 is 7.12 Å². The van der Waals surface area contributed by atoms with E-state index in [1.807, 2.05) is 24.1 Å². The Hall–Kier alpha value is -2.28. The summed E-state index contributed by atoms with van der Waals surface area (Å²) in [7, 11) is -0.981. The van der Waals surface area contributed by atoms with Gasteiger partial charge in [0.25, 0.3) is 0 Å². The average molecular weight is 339 g/mol. The number of hydrogen-bond donors (Lipinski definition) is 2. The summed E-state index contributed by atoms with van der Waals surface area (Å²) in [4.78, 5) is 21.6. The summed E-state index contributed by atoms with van der Waals surface area (Å²) in [5.74, 6) is 3.17. The minimum atomic E-state index is -0.981. The van der Waals surface area contributed by atoms with Crippen molar-refractivity contribution in [3.8, 4) is 5.75 Å². The second-order valence-corrected chi connectivity index (χ2v) is 6.93. The van der Waals surface area contributed by atoms with Crippen LogP contribution in [0.1, 0.15) is 32.3 Å². The van der Waals surface area contributed by atoms with Crippen molar-refractivity contribution in [2.75, 3.05) is 13.1 Å². The van der Waals surface area contributed by atoms with E-state index in [1.165, 1.54) is 0 Å². The highest BCUT2D eigenvalue weighted by atomic mass is 16.5. The molecule has 2 aliphatic rings. The fourth-order valence-corrected chi connectivity index (χ4v) is 4.01. The third-order valence-corrected chi connectivity index (χ3v) is 5.42. The maximum absolute atomic E-state index is 12.2. The van der Waals surface area contributed by atoms with Crippen LogP contribution in [0.3, 0.4) is 0 Å². The highest BCUT2D eigenvalue weighted by molar-refractivity contribution is 6.52. The molecule has 25 heavy (non-hydrogen) atoms. The molecule has 0 radical (unpaired) electrons. The predicted octanol–water partition coefficient (Wildman–Crippen LogP) is 2.25. The quantitative estimate of drug-likeness (QED) is 0.823. The van der Waals surface area contributed by atoms with Gasteiger partial charge in [-0.05, 0) is 30.0 Å². The number of H-pyrrole nitrogens is 1. The van der Waals surface area contributed by atoms with E-state index in [2.05, 4.69) is 16.9 Å². The highest BCUT2D eigenvalue weighted by Crippen LogP contribution is 2.43. The SMILES string of the molecule is CCC(=O)N1CCC(C)[C@H](C2=CB(O)Oc3cnc4[nH]ccc4c32)C1. The summed E-state index contributed by atoms with van der Waals surface area (Å²) in [5.41, 5.74) is 2.84. The summed E-state index contributed by atoms with van der Waals surface area (Å²) in [6.45, 7) is 5.60. The maximum atomic E-state index is 12.2. The van der Waals surface area contributed by atoms with Gasteiger partial charge in [-0.25, -0.2) is 4.98 Å². The van der Waals surface area contributed by atoms with Crippen LogP contribution in [0.15, 0.2) is 24.4 Å². The maximum Gasteiger partial charge on any atom is 0.552 e. The number of likely N-dealkylation sites (tertiary alicyclic amines) is 1. The number of piperidine rings is 1. The Morgan fingerprint density at radius 2 is 2.40 bits per heavy atom. The average Bonchev–Trinajstić information content (AvgIpc) is 3.09. The van der Waals surface area contributed by atoms with Crippen molar-refractivity contribution in [3.63, 3.8) is 0 Å². The zero-order valence-electron chi connectivity index (χ0n) is 14.5. The van der Waals surface area contributed by atoms with Gasteiger partial charge in [-0.15, -0.1) is 0 Å². The van der Waals surface area contributed by atoms with E-state index in [-0.39, 0.29) is 11.8 Å². The van der Waals surface area contributed by atoms with Crippen LogP contribution in [0.4, 0.5) is 0 Å². The first kappa shape index (κ1) is 16.2. The molecular weight excluding hydrogens is 317 g/mol. The van der Waals surface area contributed by atoms with Gasteiger partial charge in [0.1, 0.15) is 11.4 Å². The third-order valence-electron chi connectivity index (χ3n) is 5.42. The van der Waals surface area contributed by atoms with Gasteiger partial charge in [0.05, 0.1) is 6.20 Å². The van der Waals surface area contributed by atoms with Gasteiger partial charge in [-0.1, -0.05) is 13.8 Å². The lowest BCUT2D eigenvalue weighted by Crippen LogP contribution is -2.44. The summed E-state index contributed by atoms with van der Waals surface area (Å²) in [6, 6.07) is 1.98. The summed E-state index contributed by atoms with van der Waals surface area (Å²) in [6.07, 6.45) is 5.00.